The van der Waals surface area contributed by atoms with Crippen molar-refractivity contribution >= 4 is 46.3 Å². The number of thiazole rings is 1. The molecule has 0 atom stereocenters. The van der Waals surface area contributed by atoms with Crippen LogP contribution in [0.5, 0.6) is 5.75 Å². The van der Waals surface area contributed by atoms with Crippen LogP contribution in [0.3, 0.4) is 0 Å². The molecule has 0 unspecified atom stereocenters. The summed E-state index contributed by atoms with van der Waals surface area (Å²) >= 11 is 15.1. The fraction of sp³-hybridized carbons (Fsp3) is 0.105. The van der Waals surface area contributed by atoms with E-state index >= 15 is 0 Å². The predicted octanol–water partition coefficient (Wildman–Crippen LogP) is 5.43. The second-order valence-corrected chi connectivity index (χ2v) is 8.79. The molecule has 4 aromatic rings. The van der Waals surface area contributed by atoms with Gasteiger partial charge in [-0.1, -0.05) is 35.0 Å². The van der Waals surface area contributed by atoms with Gasteiger partial charge in [0, 0.05) is 21.7 Å². The molecule has 30 heavy (non-hydrogen) atoms. The number of nitrogen functional groups attached to an aromatic ring is 1. The zero-order valence-corrected chi connectivity index (χ0v) is 18.4. The minimum Gasteiger partial charge on any atom is -0.486 e. The number of rotatable bonds is 7. The van der Waals surface area contributed by atoms with Gasteiger partial charge in [-0.2, -0.15) is 0 Å². The SMILES string of the molecule is Nn1c(SCc2csc(COc3ccc(F)cc3)n2)nnc1-c1ccc(Cl)cc1Cl. The quantitative estimate of drug-likeness (QED) is 0.280. The molecule has 154 valence electrons. The third-order valence-corrected chi connectivity index (χ3v) is 6.36. The van der Waals surface area contributed by atoms with Gasteiger partial charge in [0.15, 0.2) is 5.82 Å². The molecule has 0 spiro atoms. The molecule has 0 aliphatic carbocycles. The van der Waals surface area contributed by atoms with Gasteiger partial charge < -0.3 is 10.6 Å². The highest BCUT2D eigenvalue weighted by Crippen LogP contribution is 2.31. The van der Waals surface area contributed by atoms with Crippen molar-refractivity contribution < 1.29 is 9.13 Å². The van der Waals surface area contributed by atoms with Gasteiger partial charge in [-0.3, -0.25) is 0 Å². The molecule has 2 aromatic carbocycles. The van der Waals surface area contributed by atoms with Crippen LogP contribution in [-0.2, 0) is 12.4 Å². The van der Waals surface area contributed by atoms with E-state index in [-0.39, 0.29) is 5.82 Å². The molecule has 0 radical (unpaired) electrons. The summed E-state index contributed by atoms with van der Waals surface area (Å²) in [4.78, 5) is 4.54. The van der Waals surface area contributed by atoms with E-state index in [4.69, 9.17) is 33.8 Å². The van der Waals surface area contributed by atoms with Crippen LogP contribution in [0.25, 0.3) is 11.4 Å². The van der Waals surface area contributed by atoms with Gasteiger partial charge in [0.25, 0.3) is 0 Å². The van der Waals surface area contributed by atoms with Crippen molar-refractivity contribution in [2.45, 2.75) is 17.5 Å². The van der Waals surface area contributed by atoms with Crippen LogP contribution in [-0.4, -0.2) is 19.9 Å². The Kier molecular flexibility index (Phi) is 6.43. The van der Waals surface area contributed by atoms with Gasteiger partial charge >= 0.3 is 0 Å². The normalized spacial score (nSPS) is 11.0. The van der Waals surface area contributed by atoms with Crippen molar-refractivity contribution in [3.8, 4) is 17.1 Å². The van der Waals surface area contributed by atoms with Crippen LogP contribution in [0.4, 0.5) is 4.39 Å². The number of hydrogen-bond donors (Lipinski definition) is 1. The van der Waals surface area contributed by atoms with Crippen LogP contribution >= 0.6 is 46.3 Å². The van der Waals surface area contributed by atoms with Gasteiger partial charge in [-0.25, -0.2) is 14.1 Å². The lowest BCUT2D eigenvalue weighted by molar-refractivity contribution is 0.305. The monoisotopic (exact) mass is 481 g/mol. The highest BCUT2D eigenvalue weighted by molar-refractivity contribution is 7.98. The molecule has 0 bridgehead atoms. The smallest absolute Gasteiger partial charge is 0.210 e. The highest BCUT2D eigenvalue weighted by atomic mass is 35.5. The number of hydrogen-bond acceptors (Lipinski definition) is 7. The van der Waals surface area contributed by atoms with Crippen molar-refractivity contribution in [3.05, 3.63) is 74.4 Å². The topological polar surface area (TPSA) is 78.9 Å². The molecule has 6 nitrogen and oxygen atoms in total. The molecule has 0 aliphatic heterocycles. The number of nitrogens with zero attached hydrogens (tertiary/aromatic N) is 4. The minimum absolute atomic E-state index is 0.301. The maximum absolute atomic E-state index is 12.9. The van der Waals surface area contributed by atoms with Crippen LogP contribution in [0.1, 0.15) is 10.7 Å². The Bertz CT molecular complexity index is 1170. The second kappa shape index (κ2) is 9.22. The van der Waals surface area contributed by atoms with Crippen molar-refractivity contribution in [1.29, 1.82) is 0 Å². The molecule has 0 saturated heterocycles. The first-order chi connectivity index (χ1) is 14.5. The first-order valence-corrected chi connectivity index (χ1v) is 11.2. The van der Waals surface area contributed by atoms with E-state index in [0.29, 0.717) is 44.7 Å². The molecule has 0 fully saturated rings. The van der Waals surface area contributed by atoms with Gasteiger partial charge in [0.2, 0.25) is 5.16 Å². The van der Waals surface area contributed by atoms with Gasteiger partial charge in [0.1, 0.15) is 23.2 Å². The third kappa shape index (κ3) is 4.86. The largest absolute Gasteiger partial charge is 0.486 e. The molecule has 0 amide bonds. The number of ether oxygens (including phenoxy) is 1. The van der Waals surface area contributed by atoms with E-state index in [1.807, 2.05) is 5.38 Å². The van der Waals surface area contributed by atoms with Gasteiger partial charge in [-0.05, 0) is 42.5 Å². The summed E-state index contributed by atoms with van der Waals surface area (Å²) in [6.45, 7) is 0.313. The fourth-order valence-electron chi connectivity index (χ4n) is 2.53. The number of nitrogens with two attached hydrogens (primary N) is 1. The second-order valence-electron chi connectivity index (χ2n) is 6.06. The fourth-order valence-corrected chi connectivity index (χ4v) is 4.58. The molecule has 0 saturated carbocycles. The first kappa shape index (κ1) is 20.9. The maximum Gasteiger partial charge on any atom is 0.210 e. The summed E-state index contributed by atoms with van der Waals surface area (Å²) in [5, 5.41) is 12.6. The van der Waals surface area contributed by atoms with Crippen molar-refractivity contribution in [3.63, 3.8) is 0 Å². The Morgan fingerprint density at radius 2 is 1.93 bits per heavy atom. The first-order valence-electron chi connectivity index (χ1n) is 8.60. The summed E-state index contributed by atoms with van der Waals surface area (Å²) in [6, 6.07) is 11.0. The van der Waals surface area contributed by atoms with E-state index in [9.17, 15) is 4.39 Å². The molecule has 11 heteroatoms. The zero-order valence-electron chi connectivity index (χ0n) is 15.3. The Labute approximate surface area is 189 Å². The molecule has 2 aromatic heterocycles. The molecule has 4 rings (SSSR count). The molecule has 2 heterocycles. The summed E-state index contributed by atoms with van der Waals surface area (Å²) in [7, 11) is 0. The van der Waals surface area contributed by atoms with Crippen LogP contribution in [0.15, 0.2) is 53.0 Å². The van der Waals surface area contributed by atoms with Gasteiger partial charge in [0.05, 0.1) is 10.7 Å². The van der Waals surface area contributed by atoms with E-state index in [2.05, 4.69) is 15.2 Å². The molecule has 2 N–H and O–H groups in total. The summed E-state index contributed by atoms with van der Waals surface area (Å²) in [6.07, 6.45) is 0. The Balaban J connectivity index is 1.37. The number of thioether (sulfide) groups is 1. The van der Waals surface area contributed by atoms with Crippen LogP contribution in [0, 0.1) is 5.82 Å². The van der Waals surface area contributed by atoms with Crippen molar-refractivity contribution in [2.75, 3.05) is 5.84 Å². The highest BCUT2D eigenvalue weighted by Gasteiger charge is 2.16. The Hall–Kier alpha value is -2.33. The van der Waals surface area contributed by atoms with Crippen molar-refractivity contribution in [1.82, 2.24) is 19.9 Å². The average molecular weight is 482 g/mol. The number of halogens is 3. The lowest BCUT2D eigenvalue weighted by Crippen LogP contribution is -2.11. The average Bonchev–Trinajstić information content (AvgIpc) is 3.33. The van der Waals surface area contributed by atoms with Crippen LogP contribution < -0.4 is 10.6 Å². The zero-order chi connectivity index (χ0) is 21.1. The van der Waals surface area contributed by atoms with Crippen molar-refractivity contribution in [2.24, 2.45) is 0 Å². The number of benzene rings is 2. The van der Waals surface area contributed by atoms with E-state index < -0.39 is 0 Å². The summed E-state index contributed by atoms with van der Waals surface area (Å²) < 4.78 is 20.0. The minimum atomic E-state index is -0.301. The summed E-state index contributed by atoms with van der Waals surface area (Å²) in [5.41, 5.74) is 1.52. The lowest BCUT2D eigenvalue weighted by atomic mass is 10.2. The number of aromatic nitrogens is 4. The Morgan fingerprint density at radius 3 is 2.70 bits per heavy atom. The van der Waals surface area contributed by atoms with Gasteiger partial charge in [-0.15, -0.1) is 21.5 Å². The van der Waals surface area contributed by atoms with E-state index in [1.54, 1.807) is 30.3 Å². The molecule has 0 aliphatic rings. The standard InChI is InChI=1S/C19H14Cl2FN5OS2/c20-11-1-6-15(16(21)7-11)18-25-26-19(27(18)23)30-10-13-9-29-17(24-13)8-28-14-4-2-12(22)3-5-14/h1-7,9H,8,10,23H2. The van der Waals surface area contributed by atoms with Crippen LogP contribution in [0.2, 0.25) is 10.0 Å². The molecular weight excluding hydrogens is 468 g/mol. The third-order valence-electron chi connectivity index (χ3n) is 3.96. The van der Waals surface area contributed by atoms with E-state index in [1.165, 1.54) is 39.9 Å². The lowest BCUT2D eigenvalue weighted by Gasteiger charge is -2.05. The van der Waals surface area contributed by atoms with E-state index in [0.717, 1.165) is 10.7 Å². The Morgan fingerprint density at radius 1 is 1.13 bits per heavy atom. The predicted molar refractivity (Wildman–Crippen MR) is 118 cm³/mol. The maximum atomic E-state index is 12.9. The molecular formula is C19H14Cl2FN5OS2. The summed E-state index contributed by atoms with van der Waals surface area (Å²) in [5.74, 6) is 7.45.